The molecule has 1 saturated carbocycles. The van der Waals surface area contributed by atoms with Crippen molar-refractivity contribution in [2.75, 3.05) is 34.4 Å². The van der Waals surface area contributed by atoms with Gasteiger partial charge in [0, 0.05) is 59.4 Å². The molecule has 3 N–H and O–H groups in total. The molecular weight excluding hydrogens is 905 g/mol. The molecule has 3 aliphatic rings. The molecule has 2 heterocycles. The zero-order chi connectivity index (χ0) is 52.6. The largest absolute Gasteiger partial charge is 0.379 e. The molecule has 0 bridgehead atoms. The Labute approximate surface area is 423 Å². The highest BCUT2D eigenvalue weighted by atomic mass is 16.5. The van der Waals surface area contributed by atoms with E-state index in [2.05, 4.69) is 36.7 Å². The first kappa shape index (κ1) is 58.6. The van der Waals surface area contributed by atoms with Crippen LogP contribution in [0.5, 0.6) is 0 Å². The summed E-state index contributed by atoms with van der Waals surface area (Å²) in [6.07, 6.45) is 10.3. The lowest BCUT2D eigenvalue weighted by Crippen LogP contribution is -2.62. The first-order chi connectivity index (χ1) is 33.5. The minimum atomic E-state index is -1.36. The Morgan fingerprint density at radius 3 is 2.04 bits per heavy atom. The Hall–Kier alpha value is -4.96. The van der Waals surface area contributed by atoms with Crippen molar-refractivity contribution >= 4 is 47.1 Å². The second-order valence-electron chi connectivity index (χ2n) is 22.2. The van der Waals surface area contributed by atoms with Gasteiger partial charge < -0.3 is 35.2 Å². The molecule has 0 radical (unpaired) electrons. The van der Waals surface area contributed by atoms with E-state index < -0.39 is 53.7 Å². The fourth-order valence-electron chi connectivity index (χ4n) is 10.4. The fraction of sp³-hybridized carbons (Fsp3) is 0.709. The van der Waals surface area contributed by atoms with Crippen molar-refractivity contribution < 1.29 is 47.8 Å². The Kier molecular flexibility index (Phi) is 22.4. The molecule has 1 saturated heterocycles. The van der Waals surface area contributed by atoms with Gasteiger partial charge in [0.2, 0.25) is 29.5 Å². The molecule has 2 fully saturated rings. The summed E-state index contributed by atoms with van der Waals surface area (Å²) in [4.78, 5) is 112. The summed E-state index contributed by atoms with van der Waals surface area (Å²) in [6, 6.07) is 7.06. The second kappa shape index (κ2) is 27.2. The van der Waals surface area contributed by atoms with Gasteiger partial charge >= 0.3 is 0 Å². The van der Waals surface area contributed by atoms with Crippen LogP contribution in [0.1, 0.15) is 151 Å². The number of nitrogens with zero attached hydrogens (tertiary/aromatic N) is 3. The van der Waals surface area contributed by atoms with Gasteiger partial charge in [-0.3, -0.25) is 43.3 Å². The Morgan fingerprint density at radius 2 is 1.45 bits per heavy atom. The average Bonchev–Trinajstić information content (AvgIpc) is 3.94. The van der Waals surface area contributed by atoms with Crippen LogP contribution in [-0.2, 0) is 54.3 Å². The van der Waals surface area contributed by atoms with Gasteiger partial charge in [0.25, 0.3) is 11.8 Å². The molecule has 71 heavy (non-hydrogen) atoms. The van der Waals surface area contributed by atoms with Crippen LogP contribution in [0.4, 0.5) is 0 Å². The maximum atomic E-state index is 14.7. The van der Waals surface area contributed by atoms with E-state index in [1.807, 2.05) is 44.2 Å². The number of ether oxygens (including phenoxy) is 2. The van der Waals surface area contributed by atoms with Crippen molar-refractivity contribution in [3.05, 3.63) is 48.0 Å². The quantitative estimate of drug-likeness (QED) is 0.0685. The maximum absolute atomic E-state index is 14.7. The number of Topliss-reactive ketones (excluding diaryl/α,β-unsaturated/α-hetero) is 1. The molecule has 4 rings (SSSR count). The normalized spacial score (nSPS) is 19.2. The van der Waals surface area contributed by atoms with Gasteiger partial charge in [-0.15, -0.1) is 0 Å². The number of likely N-dealkylation sites (tertiary alicyclic amines) is 1. The van der Waals surface area contributed by atoms with Gasteiger partial charge in [-0.2, -0.15) is 0 Å². The SMILES string of the molecule is CO[C@H]([C@@H](C)C(=O)N[C@@H](Cc1ccccc1)C(=O)CCC(C)(C)C)[C@@H]1CCCN1C(=O)C[C@@H](OC)[C@H](C1CCCCC1)N(C)C(=O)[C@@H](NC(=O)C(C)(C)NC(=O)CCCCCN1C(=O)C=CC1=O)C(C)C. The highest BCUT2D eigenvalue weighted by Gasteiger charge is 2.45. The number of likely N-dealkylation sites (N-methyl/N-ethyl adjacent to an activating group) is 1. The number of methoxy groups -OCH3 is 2. The Morgan fingerprint density at radius 1 is 0.803 bits per heavy atom. The molecule has 7 atom stereocenters. The lowest BCUT2D eigenvalue weighted by atomic mass is 9.80. The molecule has 1 aromatic carbocycles. The summed E-state index contributed by atoms with van der Waals surface area (Å²) in [5.41, 5.74) is -0.461. The van der Waals surface area contributed by atoms with Gasteiger partial charge in [-0.25, -0.2) is 0 Å². The lowest BCUT2D eigenvalue weighted by molar-refractivity contribution is -0.148. The highest BCUT2D eigenvalue weighted by Crippen LogP contribution is 2.34. The van der Waals surface area contributed by atoms with Crippen molar-refractivity contribution in [3.63, 3.8) is 0 Å². The summed E-state index contributed by atoms with van der Waals surface area (Å²) in [6.45, 7) is 15.7. The number of carbonyl (C=O) groups is 8. The van der Waals surface area contributed by atoms with Gasteiger partial charge in [0.15, 0.2) is 5.78 Å². The van der Waals surface area contributed by atoms with Crippen LogP contribution in [-0.4, -0.2) is 138 Å². The van der Waals surface area contributed by atoms with E-state index in [4.69, 9.17) is 9.47 Å². The molecule has 7 amide bonds. The Bertz CT molecular complexity index is 1990. The van der Waals surface area contributed by atoms with Gasteiger partial charge in [0.05, 0.1) is 42.7 Å². The summed E-state index contributed by atoms with van der Waals surface area (Å²) >= 11 is 0. The second-order valence-corrected chi connectivity index (χ2v) is 22.2. The van der Waals surface area contributed by atoms with Crippen LogP contribution in [0.2, 0.25) is 0 Å². The smallest absolute Gasteiger partial charge is 0.253 e. The minimum Gasteiger partial charge on any atom is -0.379 e. The molecule has 396 valence electrons. The average molecular weight is 991 g/mol. The van der Waals surface area contributed by atoms with Crippen molar-refractivity contribution in [1.29, 1.82) is 0 Å². The first-order valence-electron chi connectivity index (χ1n) is 26.1. The molecule has 0 spiro atoms. The zero-order valence-electron chi connectivity index (χ0n) is 44.7. The highest BCUT2D eigenvalue weighted by molar-refractivity contribution is 6.12. The van der Waals surface area contributed by atoms with E-state index >= 15 is 0 Å². The van der Waals surface area contributed by atoms with Gasteiger partial charge in [-0.05, 0) is 88.0 Å². The van der Waals surface area contributed by atoms with Crippen molar-refractivity contribution in [2.24, 2.45) is 23.2 Å². The molecule has 16 heteroatoms. The van der Waals surface area contributed by atoms with Crippen molar-refractivity contribution in [3.8, 4) is 0 Å². The van der Waals surface area contributed by atoms with Crippen LogP contribution >= 0.6 is 0 Å². The number of hydrogen-bond acceptors (Lipinski definition) is 10. The number of amides is 7. The Balaban J connectivity index is 1.44. The molecule has 2 aliphatic heterocycles. The lowest BCUT2D eigenvalue weighted by Gasteiger charge is -2.43. The number of ketones is 1. The van der Waals surface area contributed by atoms with E-state index in [0.717, 1.165) is 37.7 Å². The minimum absolute atomic E-state index is 0.0201. The number of benzene rings is 1. The molecule has 0 unspecified atom stereocenters. The third-order valence-corrected chi connectivity index (χ3v) is 14.7. The monoisotopic (exact) mass is 991 g/mol. The summed E-state index contributed by atoms with van der Waals surface area (Å²) < 4.78 is 12.3. The summed E-state index contributed by atoms with van der Waals surface area (Å²) in [7, 11) is 4.83. The number of unbranched alkanes of at least 4 members (excludes halogenated alkanes) is 2. The first-order valence-corrected chi connectivity index (χ1v) is 26.1. The third-order valence-electron chi connectivity index (χ3n) is 14.7. The van der Waals surface area contributed by atoms with E-state index in [1.165, 1.54) is 17.1 Å². The maximum Gasteiger partial charge on any atom is 0.253 e. The summed E-state index contributed by atoms with van der Waals surface area (Å²) in [5.74, 6) is -3.37. The van der Waals surface area contributed by atoms with Crippen molar-refractivity contribution in [1.82, 2.24) is 30.7 Å². The molecule has 1 aliphatic carbocycles. The van der Waals surface area contributed by atoms with E-state index in [-0.39, 0.29) is 77.9 Å². The molecule has 16 nitrogen and oxygen atoms in total. The fourth-order valence-corrected chi connectivity index (χ4v) is 10.4. The van der Waals surface area contributed by atoms with Crippen LogP contribution < -0.4 is 16.0 Å². The van der Waals surface area contributed by atoms with Gasteiger partial charge in [0.1, 0.15) is 11.6 Å². The number of imide groups is 1. The predicted octanol–water partition coefficient (Wildman–Crippen LogP) is 6.08. The predicted molar refractivity (Wildman–Crippen MR) is 272 cm³/mol. The number of nitrogens with one attached hydrogen (secondary N) is 3. The molecule has 0 aromatic heterocycles. The number of carbonyl (C=O) groups excluding carboxylic acids is 8. The van der Waals surface area contributed by atoms with Gasteiger partial charge in [-0.1, -0.05) is 97.6 Å². The standard InChI is InChI=1S/C55H86N6O10/c1-36(2)48(57-53(69)55(7,8)58-44(63)27-19-14-20-32-61-45(64)28-29-46(61)65)52(68)59(9)49(39-24-17-13-18-25-39)43(70-10)35-47(66)60-33-21-26-41(60)50(71-11)37(3)51(67)56-40(34-38-22-15-12-16-23-38)42(62)30-31-54(4,5)6/h12,15-16,22-23,28-29,36-37,39-41,43,48-50H,13-14,17-21,24-27,30-35H2,1-11H3,(H,56,67)(H,57,69)(H,58,63)/t37-,40+,41+,43-,48+,49+,50-/m1/s1. The van der Waals surface area contributed by atoms with Crippen LogP contribution in [0.15, 0.2) is 42.5 Å². The van der Waals surface area contributed by atoms with E-state index in [1.54, 1.807) is 51.8 Å². The third kappa shape index (κ3) is 17.1. The van der Waals surface area contributed by atoms with E-state index in [0.29, 0.717) is 57.9 Å². The number of hydrogen-bond donors (Lipinski definition) is 3. The van der Waals surface area contributed by atoms with Crippen LogP contribution in [0.3, 0.4) is 0 Å². The zero-order valence-corrected chi connectivity index (χ0v) is 44.7. The van der Waals surface area contributed by atoms with Crippen molar-refractivity contribution in [2.45, 2.75) is 194 Å². The molecule has 1 aromatic rings. The summed E-state index contributed by atoms with van der Waals surface area (Å²) in [5, 5.41) is 8.83. The van der Waals surface area contributed by atoms with E-state index in [9.17, 15) is 38.4 Å². The van der Waals surface area contributed by atoms with Crippen LogP contribution in [0.25, 0.3) is 0 Å². The topological polar surface area (TPSA) is 201 Å². The number of rotatable bonds is 27. The van der Waals surface area contributed by atoms with Crippen LogP contribution in [0, 0.1) is 23.2 Å². The molecular formula is C55H86N6O10.